The van der Waals surface area contributed by atoms with E-state index in [1.165, 1.54) is 6.20 Å². The Morgan fingerprint density at radius 3 is 2.30 bits per heavy atom. The molecule has 2 aromatic rings. The maximum absolute atomic E-state index is 13.3. The highest BCUT2D eigenvalue weighted by molar-refractivity contribution is 5.98. The molecule has 1 aromatic carbocycles. The topological polar surface area (TPSA) is 56.7 Å². The lowest BCUT2D eigenvalue weighted by Gasteiger charge is -2.39. The lowest BCUT2D eigenvalue weighted by Crippen LogP contribution is -2.49. The van der Waals surface area contributed by atoms with Crippen LogP contribution in [0.3, 0.4) is 0 Å². The maximum atomic E-state index is 13.3. The summed E-state index contributed by atoms with van der Waals surface area (Å²) in [7, 11) is 0. The van der Waals surface area contributed by atoms with Gasteiger partial charge in [0.1, 0.15) is 0 Å². The number of aliphatic hydroxyl groups excluding tert-OH is 1. The number of hydrogen-bond acceptors (Lipinski definition) is 4. The SMILES string of the molecule is Cc1cc(-c2cncc(C(F)(F)F)c2)cc(C)c1C(=O)N1CCC(N2CCC[C@H]2CO)CC1. The van der Waals surface area contributed by atoms with Crippen molar-refractivity contribution in [1.82, 2.24) is 14.8 Å². The molecule has 0 spiro atoms. The highest BCUT2D eigenvalue weighted by Crippen LogP contribution is 2.33. The first kappa shape index (κ1) is 23.7. The summed E-state index contributed by atoms with van der Waals surface area (Å²) in [6.07, 6.45) is 1.67. The van der Waals surface area contributed by atoms with E-state index in [0.717, 1.165) is 55.6 Å². The Hall–Kier alpha value is -2.45. The van der Waals surface area contributed by atoms with Crippen LogP contribution in [0.25, 0.3) is 11.1 Å². The van der Waals surface area contributed by atoms with Crippen molar-refractivity contribution in [2.45, 2.75) is 57.8 Å². The van der Waals surface area contributed by atoms with E-state index in [1.54, 1.807) is 12.1 Å². The van der Waals surface area contributed by atoms with Crippen molar-refractivity contribution >= 4 is 5.91 Å². The molecule has 0 bridgehead atoms. The Morgan fingerprint density at radius 2 is 1.70 bits per heavy atom. The van der Waals surface area contributed by atoms with Gasteiger partial charge in [-0.2, -0.15) is 13.2 Å². The molecule has 178 valence electrons. The zero-order chi connectivity index (χ0) is 23.8. The first-order valence-corrected chi connectivity index (χ1v) is 11.5. The number of rotatable bonds is 4. The monoisotopic (exact) mass is 461 g/mol. The van der Waals surface area contributed by atoms with E-state index in [1.807, 2.05) is 18.7 Å². The van der Waals surface area contributed by atoms with Crippen LogP contribution >= 0.6 is 0 Å². The largest absolute Gasteiger partial charge is 0.417 e. The number of hydrogen-bond donors (Lipinski definition) is 1. The number of likely N-dealkylation sites (tertiary alicyclic amines) is 2. The van der Waals surface area contributed by atoms with Gasteiger partial charge in [0.15, 0.2) is 0 Å². The van der Waals surface area contributed by atoms with Gasteiger partial charge in [0.05, 0.1) is 12.2 Å². The second-order valence-corrected chi connectivity index (χ2v) is 9.18. The van der Waals surface area contributed by atoms with E-state index in [4.69, 9.17) is 0 Å². The number of halogens is 3. The number of amides is 1. The average molecular weight is 462 g/mol. The van der Waals surface area contributed by atoms with Crippen LogP contribution < -0.4 is 0 Å². The van der Waals surface area contributed by atoms with Crippen molar-refractivity contribution in [3.63, 3.8) is 0 Å². The summed E-state index contributed by atoms with van der Waals surface area (Å²) in [5.74, 6) is -0.0303. The molecule has 2 fully saturated rings. The summed E-state index contributed by atoms with van der Waals surface area (Å²) < 4.78 is 39.2. The van der Waals surface area contributed by atoms with Gasteiger partial charge in [-0.15, -0.1) is 0 Å². The van der Waals surface area contributed by atoms with Gasteiger partial charge in [-0.05, 0) is 68.8 Å². The molecule has 0 aliphatic carbocycles. The molecule has 1 aromatic heterocycles. The number of nitrogens with zero attached hydrogens (tertiary/aromatic N) is 3. The van der Waals surface area contributed by atoms with Crippen LogP contribution in [0.1, 0.15) is 52.7 Å². The van der Waals surface area contributed by atoms with Crippen LogP contribution in [-0.2, 0) is 6.18 Å². The van der Waals surface area contributed by atoms with Crippen molar-refractivity contribution in [2.75, 3.05) is 26.2 Å². The fourth-order valence-corrected chi connectivity index (χ4v) is 5.31. The number of carbonyl (C=O) groups excluding carboxylic acids is 1. The van der Waals surface area contributed by atoms with E-state index in [-0.39, 0.29) is 18.6 Å². The Kier molecular flexibility index (Phi) is 6.77. The molecule has 0 unspecified atom stereocenters. The lowest BCUT2D eigenvalue weighted by atomic mass is 9.94. The number of aliphatic hydroxyl groups is 1. The standard InChI is InChI=1S/C25H30F3N3O2/c1-16-10-18(19-12-20(14-29-13-19)25(26,27)28)11-17(2)23(16)24(33)30-8-5-21(6-9-30)31-7-3-4-22(31)15-32/h10-14,21-22,32H,3-9,15H2,1-2H3/t22-/m0/s1. The van der Waals surface area contributed by atoms with Gasteiger partial charge in [-0.25, -0.2) is 0 Å². The van der Waals surface area contributed by atoms with E-state index >= 15 is 0 Å². The van der Waals surface area contributed by atoms with Crippen LogP contribution in [0, 0.1) is 13.8 Å². The number of aromatic nitrogens is 1. The van der Waals surface area contributed by atoms with Crippen LogP contribution in [0.2, 0.25) is 0 Å². The molecule has 3 heterocycles. The Bertz CT molecular complexity index is 993. The van der Waals surface area contributed by atoms with Crippen molar-refractivity contribution in [3.8, 4) is 11.1 Å². The molecule has 8 heteroatoms. The van der Waals surface area contributed by atoms with Gasteiger partial charge in [0.2, 0.25) is 0 Å². The fourth-order valence-electron chi connectivity index (χ4n) is 5.31. The molecule has 2 aliphatic heterocycles. The van der Waals surface area contributed by atoms with Crippen molar-refractivity contribution < 1.29 is 23.1 Å². The zero-order valence-corrected chi connectivity index (χ0v) is 19.0. The predicted octanol–water partition coefficient (Wildman–Crippen LogP) is 4.45. The van der Waals surface area contributed by atoms with Gasteiger partial charge in [-0.3, -0.25) is 14.7 Å². The summed E-state index contributed by atoms with van der Waals surface area (Å²) in [4.78, 5) is 21.4. The molecular formula is C25H30F3N3O2. The van der Waals surface area contributed by atoms with Crippen LogP contribution in [-0.4, -0.2) is 64.1 Å². The minimum absolute atomic E-state index is 0.0303. The van der Waals surface area contributed by atoms with Gasteiger partial charge < -0.3 is 10.0 Å². The van der Waals surface area contributed by atoms with E-state index in [2.05, 4.69) is 9.88 Å². The molecule has 4 rings (SSSR count). The maximum Gasteiger partial charge on any atom is 0.417 e. The second kappa shape index (κ2) is 9.43. The lowest BCUT2D eigenvalue weighted by molar-refractivity contribution is -0.137. The Morgan fingerprint density at radius 1 is 1.03 bits per heavy atom. The highest BCUT2D eigenvalue weighted by atomic mass is 19.4. The van der Waals surface area contributed by atoms with Crippen molar-refractivity contribution in [1.29, 1.82) is 0 Å². The van der Waals surface area contributed by atoms with Gasteiger partial charge in [0.25, 0.3) is 5.91 Å². The Labute approximate surface area is 192 Å². The van der Waals surface area contributed by atoms with Gasteiger partial charge in [-0.1, -0.05) is 12.1 Å². The van der Waals surface area contributed by atoms with Crippen molar-refractivity contribution in [3.05, 3.63) is 52.8 Å². The third kappa shape index (κ3) is 4.92. The van der Waals surface area contributed by atoms with Gasteiger partial charge in [0, 0.05) is 48.7 Å². The van der Waals surface area contributed by atoms with Gasteiger partial charge >= 0.3 is 6.18 Å². The molecular weight excluding hydrogens is 431 g/mol. The second-order valence-electron chi connectivity index (χ2n) is 9.18. The van der Waals surface area contributed by atoms with Crippen LogP contribution in [0.4, 0.5) is 13.2 Å². The summed E-state index contributed by atoms with van der Waals surface area (Å²) in [6, 6.07) is 5.25. The molecule has 1 atom stereocenters. The number of pyridine rings is 1. The predicted molar refractivity (Wildman–Crippen MR) is 120 cm³/mol. The smallest absolute Gasteiger partial charge is 0.395 e. The number of benzene rings is 1. The van der Waals surface area contributed by atoms with Crippen molar-refractivity contribution in [2.24, 2.45) is 0 Å². The minimum atomic E-state index is -4.46. The molecule has 1 N–H and O–H groups in total. The fraction of sp³-hybridized carbons (Fsp3) is 0.520. The molecule has 1 amide bonds. The summed E-state index contributed by atoms with van der Waals surface area (Å²) in [5.41, 5.74) is 2.30. The quantitative estimate of drug-likeness (QED) is 0.731. The number of piperidine rings is 1. The average Bonchev–Trinajstić information content (AvgIpc) is 3.27. The van der Waals surface area contributed by atoms with Crippen LogP contribution in [0.15, 0.2) is 30.6 Å². The minimum Gasteiger partial charge on any atom is -0.395 e. The molecule has 0 saturated carbocycles. The molecule has 2 saturated heterocycles. The number of carbonyl (C=O) groups is 1. The Balaban J connectivity index is 1.49. The van der Waals surface area contributed by atoms with E-state index in [9.17, 15) is 23.1 Å². The summed E-state index contributed by atoms with van der Waals surface area (Å²) >= 11 is 0. The normalized spacial score (nSPS) is 20.4. The van der Waals surface area contributed by atoms with E-state index in [0.29, 0.717) is 35.8 Å². The number of aryl methyl sites for hydroxylation is 2. The highest BCUT2D eigenvalue weighted by Gasteiger charge is 2.34. The molecule has 0 radical (unpaired) electrons. The zero-order valence-electron chi connectivity index (χ0n) is 19.0. The van der Waals surface area contributed by atoms with E-state index < -0.39 is 11.7 Å². The first-order valence-electron chi connectivity index (χ1n) is 11.5. The first-order chi connectivity index (χ1) is 15.7. The third-order valence-corrected chi connectivity index (χ3v) is 7.00. The summed E-state index contributed by atoms with van der Waals surface area (Å²) in [6.45, 7) is 6.17. The summed E-state index contributed by atoms with van der Waals surface area (Å²) in [5, 5.41) is 9.61. The number of alkyl halides is 3. The third-order valence-electron chi connectivity index (χ3n) is 7.00. The molecule has 2 aliphatic rings. The molecule has 5 nitrogen and oxygen atoms in total. The molecule has 33 heavy (non-hydrogen) atoms. The van der Waals surface area contributed by atoms with Crippen LogP contribution in [0.5, 0.6) is 0 Å².